The molecule has 1 aromatic heterocycles. The highest BCUT2D eigenvalue weighted by Gasteiger charge is 2.46. The third-order valence-corrected chi connectivity index (χ3v) is 4.42. The van der Waals surface area contributed by atoms with Gasteiger partial charge in [-0.1, -0.05) is 60.3 Å². The third-order valence-electron chi connectivity index (χ3n) is 3.31. The molecule has 0 spiro atoms. The van der Waals surface area contributed by atoms with E-state index in [0.717, 1.165) is 0 Å². The van der Waals surface area contributed by atoms with E-state index in [1.807, 2.05) is 6.07 Å². The molecule has 0 unspecified atom stereocenters. The predicted octanol–water partition coefficient (Wildman–Crippen LogP) is 4.13. The van der Waals surface area contributed by atoms with E-state index in [9.17, 15) is 18.0 Å². The highest BCUT2D eigenvalue weighted by molar-refractivity contribution is 8.00. The number of hydrogen-bond acceptors (Lipinski definition) is 4. The van der Waals surface area contributed by atoms with E-state index in [1.54, 1.807) is 42.5 Å². The van der Waals surface area contributed by atoms with Crippen molar-refractivity contribution in [1.82, 2.24) is 15.2 Å². The Morgan fingerprint density at radius 1 is 1.04 bits per heavy atom. The van der Waals surface area contributed by atoms with Crippen molar-refractivity contribution in [2.75, 3.05) is 5.32 Å². The number of benzene rings is 2. The molecule has 134 valence electrons. The number of amides is 1. The Labute approximate surface area is 151 Å². The van der Waals surface area contributed by atoms with Crippen LogP contribution in [0.4, 0.5) is 18.9 Å². The molecule has 26 heavy (non-hydrogen) atoms. The normalized spacial score (nSPS) is 12.6. The molecular weight excluding hydrogens is 365 g/mol. The predicted molar refractivity (Wildman–Crippen MR) is 92.6 cm³/mol. The van der Waals surface area contributed by atoms with E-state index < -0.39 is 17.3 Å². The largest absolute Gasteiger partial charge is 0.409 e. The minimum absolute atomic E-state index is 0.158. The van der Waals surface area contributed by atoms with Gasteiger partial charge in [0.15, 0.2) is 11.1 Å². The monoisotopic (exact) mass is 378 g/mol. The van der Waals surface area contributed by atoms with Gasteiger partial charge in [-0.2, -0.15) is 13.2 Å². The third kappa shape index (κ3) is 4.42. The molecule has 3 rings (SSSR count). The maximum absolute atomic E-state index is 13.3. The number of halogens is 3. The fraction of sp³-hybridized carbons (Fsp3) is 0.118. The number of alkyl halides is 3. The average Bonchev–Trinajstić information content (AvgIpc) is 3.09. The van der Waals surface area contributed by atoms with E-state index in [4.69, 9.17) is 0 Å². The van der Waals surface area contributed by atoms with Crippen molar-refractivity contribution in [3.05, 3.63) is 60.7 Å². The molecule has 1 atom stereocenters. The molecule has 0 bridgehead atoms. The zero-order valence-electron chi connectivity index (χ0n) is 13.2. The summed E-state index contributed by atoms with van der Waals surface area (Å²) in [6.45, 7) is 0. The lowest BCUT2D eigenvalue weighted by Gasteiger charge is -2.17. The topological polar surface area (TPSA) is 70.7 Å². The van der Waals surface area contributed by atoms with Crippen LogP contribution in [0.2, 0.25) is 0 Å². The lowest BCUT2D eigenvalue weighted by molar-refractivity contribution is -0.146. The van der Waals surface area contributed by atoms with Gasteiger partial charge in [0.05, 0.1) is 0 Å². The molecule has 0 saturated carbocycles. The number of rotatable bonds is 5. The van der Waals surface area contributed by atoms with Gasteiger partial charge in [-0.3, -0.25) is 9.89 Å². The number of aromatic amines is 1. The maximum Gasteiger partial charge on any atom is 0.409 e. The van der Waals surface area contributed by atoms with E-state index in [0.29, 0.717) is 11.4 Å². The number of nitrogens with zero attached hydrogens (tertiary/aromatic N) is 2. The molecule has 0 fully saturated rings. The number of carbonyl (C=O) groups excluding carboxylic acids is 1. The van der Waals surface area contributed by atoms with Crippen LogP contribution in [-0.2, 0) is 4.79 Å². The number of carbonyl (C=O) groups is 1. The van der Waals surface area contributed by atoms with E-state index in [-0.39, 0.29) is 22.6 Å². The van der Waals surface area contributed by atoms with Crippen LogP contribution in [0, 0.1) is 0 Å². The first-order chi connectivity index (χ1) is 12.4. The van der Waals surface area contributed by atoms with Gasteiger partial charge in [0.1, 0.15) is 0 Å². The summed E-state index contributed by atoms with van der Waals surface area (Å²) in [6, 6.07) is 16.8. The SMILES string of the molecule is O=C(Nc1ccccc1)[C@H](Sc1n[nH]c(-c2ccccc2)n1)C(F)(F)F. The summed E-state index contributed by atoms with van der Waals surface area (Å²) in [6.07, 6.45) is -4.75. The fourth-order valence-corrected chi connectivity index (χ4v) is 2.88. The molecule has 0 aliphatic heterocycles. The Hall–Kier alpha value is -2.81. The van der Waals surface area contributed by atoms with Crippen molar-refractivity contribution < 1.29 is 18.0 Å². The Balaban J connectivity index is 1.77. The van der Waals surface area contributed by atoms with Gasteiger partial charge in [0, 0.05) is 11.3 Å². The first-order valence-corrected chi connectivity index (χ1v) is 8.38. The molecule has 5 nitrogen and oxygen atoms in total. The molecule has 3 aromatic rings. The smallest absolute Gasteiger partial charge is 0.325 e. The summed E-state index contributed by atoms with van der Waals surface area (Å²) in [7, 11) is 0. The first kappa shape index (κ1) is 18.0. The van der Waals surface area contributed by atoms with Gasteiger partial charge in [0.2, 0.25) is 11.1 Å². The minimum Gasteiger partial charge on any atom is -0.325 e. The summed E-state index contributed by atoms with van der Waals surface area (Å²) < 4.78 is 40.0. The molecule has 0 radical (unpaired) electrons. The van der Waals surface area contributed by atoms with Gasteiger partial charge < -0.3 is 5.32 Å². The summed E-state index contributed by atoms with van der Waals surface area (Å²) in [5, 5.41) is 6.14. The van der Waals surface area contributed by atoms with Gasteiger partial charge in [-0.05, 0) is 12.1 Å². The van der Waals surface area contributed by atoms with E-state index in [1.165, 1.54) is 12.1 Å². The second-order valence-electron chi connectivity index (χ2n) is 5.23. The van der Waals surface area contributed by atoms with Gasteiger partial charge in [-0.25, -0.2) is 4.98 Å². The second kappa shape index (κ2) is 7.61. The highest BCUT2D eigenvalue weighted by atomic mass is 32.2. The van der Waals surface area contributed by atoms with Gasteiger partial charge in [-0.15, -0.1) is 5.10 Å². The van der Waals surface area contributed by atoms with Crippen molar-refractivity contribution in [1.29, 1.82) is 0 Å². The Morgan fingerprint density at radius 3 is 2.27 bits per heavy atom. The lowest BCUT2D eigenvalue weighted by atomic mass is 10.2. The fourth-order valence-electron chi connectivity index (χ4n) is 2.13. The first-order valence-electron chi connectivity index (χ1n) is 7.50. The molecular formula is C17H13F3N4OS. The number of para-hydroxylation sites is 1. The van der Waals surface area contributed by atoms with Crippen LogP contribution >= 0.6 is 11.8 Å². The molecule has 9 heteroatoms. The summed E-state index contributed by atoms with van der Waals surface area (Å²) in [5.41, 5.74) is 0.969. The summed E-state index contributed by atoms with van der Waals surface area (Å²) >= 11 is 0.248. The molecule has 0 aliphatic rings. The molecule has 0 aliphatic carbocycles. The number of anilines is 1. The van der Waals surface area contributed by atoms with Crippen molar-refractivity contribution in [3.63, 3.8) is 0 Å². The van der Waals surface area contributed by atoms with E-state index >= 15 is 0 Å². The lowest BCUT2D eigenvalue weighted by Crippen LogP contribution is -2.38. The average molecular weight is 378 g/mol. The molecule has 0 saturated heterocycles. The number of thioether (sulfide) groups is 1. The number of nitrogens with one attached hydrogen (secondary N) is 2. The van der Waals surface area contributed by atoms with Crippen molar-refractivity contribution >= 4 is 23.4 Å². The Kier molecular flexibility index (Phi) is 5.27. The van der Waals surface area contributed by atoms with Crippen LogP contribution in [0.15, 0.2) is 65.8 Å². The summed E-state index contributed by atoms with van der Waals surface area (Å²) in [4.78, 5) is 16.2. The molecule has 1 amide bonds. The quantitative estimate of drug-likeness (QED) is 0.655. The number of aromatic nitrogens is 3. The molecule has 2 aromatic carbocycles. The second-order valence-corrected chi connectivity index (χ2v) is 6.30. The van der Waals surface area contributed by atoms with Crippen LogP contribution in [0.1, 0.15) is 0 Å². The van der Waals surface area contributed by atoms with Crippen LogP contribution < -0.4 is 5.32 Å². The molecule has 2 N–H and O–H groups in total. The van der Waals surface area contributed by atoms with Crippen LogP contribution in [-0.4, -0.2) is 32.5 Å². The number of H-pyrrole nitrogens is 1. The highest BCUT2D eigenvalue weighted by Crippen LogP contribution is 2.35. The van der Waals surface area contributed by atoms with Crippen molar-refractivity contribution in [2.24, 2.45) is 0 Å². The van der Waals surface area contributed by atoms with Gasteiger partial charge in [0.25, 0.3) is 0 Å². The van der Waals surface area contributed by atoms with Crippen molar-refractivity contribution in [2.45, 2.75) is 16.6 Å². The zero-order chi connectivity index (χ0) is 18.6. The molecule has 1 heterocycles. The van der Waals surface area contributed by atoms with Crippen LogP contribution in [0.3, 0.4) is 0 Å². The minimum atomic E-state index is -4.75. The van der Waals surface area contributed by atoms with Crippen LogP contribution in [0.25, 0.3) is 11.4 Å². The Morgan fingerprint density at radius 2 is 1.65 bits per heavy atom. The van der Waals surface area contributed by atoms with Gasteiger partial charge >= 0.3 is 6.18 Å². The van der Waals surface area contributed by atoms with Crippen molar-refractivity contribution in [3.8, 4) is 11.4 Å². The Bertz CT molecular complexity index is 868. The summed E-state index contributed by atoms with van der Waals surface area (Å²) in [5.74, 6) is -0.850. The zero-order valence-corrected chi connectivity index (χ0v) is 14.0. The number of hydrogen-bond donors (Lipinski definition) is 2. The van der Waals surface area contributed by atoms with Crippen LogP contribution in [0.5, 0.6) is 0 Å². The van der Waals surface area contributed by atoms with E-state index in [2.05, 4.69) is 20.5 Å². The standard InChI is InChI=1S/C17H13F3N4OS/c18-17(19,20)13(15(25)21-12-9-5-2-6-10-12)26-16-22-14(23-24-16)11-7-3-1-4-8-11/h1-10,13H,(H,21,25)(H,22,23,24)/t13-/m0/s1. The maximum atomic E-state index is 13.3.